The van der Waals surface area contributed by atoms with Gasteiger partial charge in [0.2, 0.25) is 0 Å². The van der Waals surface area contributed by atoms with E-state index in [1.165, 1.54) is 18.2 Å². The number of nitrogens with one attached hydrogen (secondary N) is 1. The lowest BCUT2D eigenvalue weighted by molar-refractivity contribution is -0.137. The average Bonchev–Trinajstić information content (AvgIpc) is 2.51. The molecule has 0 saturated heterocycles. The molecule has 2 rings (SSSR count). The molecule has 6 heteroatoms. The predicted octanol–water partition coefficient (Wildman–Crippen LogP) is 3.65. The van der Waals surface area contributed by atoms with E-state index in [1.807, 2.05) is 6.08 Å². The van der Waals surface area contributed by atoms with Crippen LogP contribution in [0.1, 0.15) is 17.5 Å². The number of allylic oxidation sites excluding steroid dienone is 3. The summed E-state index contributed by atoms with van der Waals surface area (Å²) in [6, 6.07) is 4.88. The first-order valence-electron chi connectivity index (χ1n) is 7.07. The van der Waals surface area contributed by atoms with E-state index in [2.05, 4.69) is 5.32 Å². The van der Waals surface area contributed by atoms with E-state index in [-0.39, 0.29) is 0 Å². The Kier molecular flexibility index (Phi) is 5.39. The van der Waals surface area contributed by atoms with Gasteiger partial charge in [-0.1, -0.05) is 30.4 Å². The van der Waals surface area contributed by atoms with E-state index in [9.17, 15) is 18.0 Å². The van der Waals surface area contributed by atoms with Crippen molar-refractivity contribution in [2.75, 3.05) is 13.1 Å². The molecule has 0 fully saturated rings. The summed E-state index contributed by atoms with van der Waals surface area (Å²) in [5.41, 5.74) is 1.64. The highest BCUT2D eigenvalue weighted by molar-refractivity contribution is 5.83. The lowest BCUT2D eigenvalue weighted by Gasteiger charge is -2.18. The normalized spacial score (nSPS) is 16.5. The van der Waals surface area contributed by atoms with Crippen molar-refractivity contribution in [2.24, 2.45) is 0 Å². The van der Waals surface area contributed by atoms with E-state index >= 15 is 0 Å². The third-order valence-corrected chi connectivity index (χ3v) is 3.43. The lowest BCUT2D eigenvalue weighted by Crippen LogP contribution is -2.20. The van der Waals surface area contributed by atoms with Crippen molar-refractivity contribution in [3.8, 4) is 0 Å². The summed E-state index contributed by atoms with van der Waals surface area (Å²) in [5.74, 6) is -1.08. The molecule has 0 aliphatic carbocycles. The smallest absolute Gasteiger partial charge is 0.416 e. The zero-order valence-corrected chi connectivity index (χ0v) is 12.2. The summed E-state index contributed by atoms with van der Waals surface area (Å²) < 4.78 is 38.0. The van der Waals surface area contributed by atoms with Gasteiger partial charge in [-0.15, -0.1) is 0 Å². The topological polar surface area (TPSA) is 49.3 Å². The maximum Gasteiger partial charge on any atom is 0.416 e. The number of halogens is 3. The van der Waals surface area contributed by atoms with Gasteiger partial charge in [0.05, 0.1) is 5.56 Å². The number of aliphatic carboxylic acids is 1. The van der Waals surface area contributed by atoms with Crippen LogP contribution in [-0.2, 0) is 11.0 Å². The van der Waals surface area contributed by atoms with Crippen LogP contribution in [0.15, 0.2) is 54.1 Å². The van der Waals surface area contributed by atoms with E-state index in [4.69, 9.17) is 5.11 Å². The fourth-order valence-corrected chi connectivity index (χ4v) is 2.32. The minimum absolute atomic E-state index is 0.626. The summed E-state index contributed by atoms with van der Waals surface area (Å²) in [6.07, 6.45) is 2.31. The second-order valence-corrected chi connectivity index (χ2v) is 5.04. The number of hydrogen-bond acceptors (Lipinski definition) is 2. The molecule has 0 atom stereocenters. The summed E-state index contributed by atoms with van der Waals surface area (Å²) in [7, 11) is 0. The zero-order chi connectivity index (χ0) is 16.9. The lowest BCUT2D eigenvalue weighted by atomic mass is 9.92. The second kappa shape index (κ2) is 7.28. The van der Waals surface area contributed by atoms with Crippen molar-refractivity contribution in [2.45, 2.75) is 12.6 Å². The Morgan fingerprint density at radius 3 is 2.43 bits per heavy atom. The summed E-state index contributed by atoms with van der Waals surface area (Å²) in [4.78, 5) is 10.6. The highest BCUT2D eigenvalue weighted by Crippen LogP contribution is 2.32. The van der Waals surface area contributed by atoms with E-state index in [0.29, 0.717) is 12.1 Å². The van der Waals surface area contributed by atoms with Gasteiger partial charge in [0.1, 0.15) is 0 Å². The molecule has 0 spiro atoms. The Hall–Kier alpha value is -2.34. The van der Waals surface area contributed by atoms with E-state index in [1.54, 1.807) is 6.08 Å². The van der Waals surface area contributed by atoms with Crippen molar-refractivity contribution in [1.82, 2.24) is 5.32 Å². The molecule has 0 aromatic heterocycles. The Morgan fingerprint density at radius 2 is 1.91 bits per heavy atom. The molecule has 3 nitrogen and oxygen atoms in total. The highest BCUT2D eigenvalue weighted by atomic mass is 19.4. The Balaban J connectivity index is 2.37. The maximum absolute atomic E-state index is 12.7. The van der Waals surface area contributed by atoms with Crippen LogP contribution in [0.5, 0.6) is 0 Å². The first-order chi connectivity index (χ1) is 10.9. The van der Waals surface area contributed by atoms with Gasteiger partial charge in [-0.25, -0.2) is 4.79 Å². The molecule has 23 heavy (non-hydrogen) atoms. The van der Waals surface area contributed by atoms with E-state index in [0.717, 1.165) is 42.3 Å². The minimum atomic E-state index is -4.38. The number of hydrogen-bond donors (Lipinski definition) is 2. The second-order valence-electron chi connectivity index (χ2n) is 5.04. The van der Waals surface area contributed by atoms with Gasteiger partial charge in [0.25, 0.3) is 0 Å². The highest BCUT2D eigenvalue weighted by Gasteiger charge is 2.30. The SMILES string of the molecule is O=C(O)C=CC=C(C1=CCNCC1)c1ccc(C(F)(F)F)cc1. The van der Waals surface area contributed by atoms with Crippen molar-refractivity contribution in [3.05, 3.63) is 65.3 Å². The quantitative estimate of drug-likeness (QED) is 0.657. The molecule has 0 radical (unpaired) electrons. The van der Waals surface area contributed by atoms with Crippen molar-refractivity contribution in [1.29, 1.82) is 0 Å². The van der Waals surface area contributed by atoms with Crippen molar-refractivity contribution >= 4 is 11.5 Å². The average molecular weight is 323 g/mol. The molecule has 0 unspecified atom stereocenters. The van der Waals surface area contributed by atoms with Crippen LogP contribution in [0.3, 0.4) is 0 Å². The number of carbonyl (C=O) groups is 1. The molecule has 122 valence electrons. The van der Waals surface area contributed by atoms with Gasteiger partial charge < -0.3 is 10.4 Å². The third-order valence-electron chi connectivity index (χ3n) is 3.43. The maximum atomic E-state index is 12.7. The number of alkyl halides is 3. The Bertz CT molecular complexity index is 655. The monoisotopic (exact) mass is 323 g/mol. The van der Waals surface area contributed by atoms with Gasteiger partial charge >= 0.3 is 12.1 Å². The van der Waals surface area contributed by atoms with Gasteiger partial charge in [-0.2, -0.15) is 13.2 Å². The number of carboxylic acid groups (broad SMARTS) is 1. The molecule has 0 bridgehead atoms. The van der Waals surface area contributed by atoms with E-state index < -0.39 is 17.7 Å². The molecular weight excluding hydrogens is 307 g/mol. The zero-order valence-electron chi connectivity index (χ0n) is 12.2. The predicted molar refractivity (Wildman–Crippen MR) is 81.8 cm³/mol. The van der Waals surface area contributed by atoms with Crippen LogP contribution >= 0.6 is 0 Å². The van der Waals surface area contributed by atoms with Crippen LogP contribution < -0.4 is 5.32 Å². The Morgan fingerprint density at radius 1 is 1.22 bits per heavy atom. The van der Waals surface area contributed by atoms with Gasteiger partial charge in [0, 0.05) is 12.6 Å². The van der Waals surface area contributed by atoms with Gasteiger partial charge in [-0.3, -0.25) is 0 Å². The third kappa shape index (κ3) is 4.82. The van der Waals surface area contributed by atoms with Crippen molar-refractivity contribution < 1.29 is 23.1 Å². The number of rotatable bonds is 4. The fourth-order valence-electron chi connectivity index (χ4n) is 2.32. The minimum Gasteiger partial charge on any atom is -0.478 e. The van der Waals surface area contributed by atoms with Crippen LogP contribution in [0.4, 0.5) is 13.2 Å². The molecular formula is C17H16F3NO2. The molecule has 2 N–H and O–H groups in total. The van der Waals surface area contributed by atoms with Crippen LogP contribution in [0.2, 0.25) is 0 Å². The Labute approximate surface area is 131 Å². The first kappa shape index (κ1) is 17.0. The molecule has 1 heterocycles. The van der Waals surface area contributed by atoms with Crippen LogP contribution in [0, 0.1) is 0 Å². The summed E-state index contributed by atoms with van der Waals surface area (Å²) in [5, 5.41) is 11.8. The van der Waals surface area contributed by atoms with Gasteiger partial charge in [-0.05, 0) is 41.8 Å². The number of benzene rings is 1. The molecule has 1 aromatic rings. The largest absolute Gasteiger partial charge is 0.478 e. The summed E-state index contributed by atoms with van der Waals surface area (Å²) >= 11 is 0. The van der Waals surface area contributed by atoms with Crippen LogP contribution in [0.25, 0.3) is 5.57 Å². The van der Waals surface area contributed by atoms with Crippen LogP contribution in [-0.4, -0.2) is 24.2 Å². The summed E-state index contributed by atoms with van der Waals surface area (Å²) in [6.45, 7) is 1.45. The van der Waals surface area contributed by atoms with Crippen molar-refractivity contribution in [3.63, 3.8) is 0 Å². The fraction of sp³-hybridized carbons (Fsp3) is 0.235. The molecule has 1 aliphatic rings. The van der Waals surface area contributed by atoms with Gasteiger partial charge in [0.15, 0.2) is 0 Å². The molecule has 0 amide bonds. The standard InChI is InChI=1S/C17H16F3NO2/c18-17(19,20)14-6-4-12(5-7-14)15(2-1-3-16(22)23)13-8-10-21-11-9-13/h1-8,21H,9-11H2,(H,22,23). The molecule has 1 aliphatic heterocycles. The molecule has 0 saturated carbocycles. The molecule has 1 aromatic carbocycles. The first-order valence-corrected chi connectivity index (χ1v) is 7.07. The number of carboxylic acids is 1.